The van der Waals surface area contributed by atoms with Crippen LogP contribution in [0.3, 0.4) is 0 Å². The Morgan fingerprint density at radius 2 is 1.84 bits per heavy atom. The van der Waals surface area contributed by atoms with Crippen LogP contribution in [0.15, 0.2) is 53.1 Å². The highest BCUT2D eigenvalue weighted by Crippen LogP contribution is 2.42. The normalized spacial score (nSPS) is 21.3. The number of hydrogen-bond acceptors (Lipinski definition) is 2. The Hall–Kier alpha value is -2.16. The van der Waals surface area contributed by atoms with Crippen molar-refractivity contribution in [3.8, 4) is 0 Å². The van der Waals surface area contributed by atoms with Crippen LogP contribution in [-0.2, 0) is 4.79 Å². The third-order valence-electron chi connectivity index (χ3n) is 3.88. The molecular formula is C16H14O3. The lowest BCUT2D eigenvalue weighted by Gasteiger charge is -2.08. The first kappa shape index (κ1) is 11.9. The fourth-order valence-electron chi connectivity index (χ4n) is 2.89. The van der Waals surface area contributed by atoms with Crippen LogP contribution in [0, 0.1) is 5.92 Å². The summed E-state index contributed by atoms with van der Waals surface area (Å²) in [5.41, 5.74) is 3.49. The van der Waals surface area contributed by atoms with Gasteiger partial charge in [0.2, 0.25) is 0 Å². The largest absolute Gasteiger partial charge is 0.481 e. The minimum absolute atomic E-state index is 0.0108. The van der Waals surface area contributed by atoms with E-state index in [9.17, 15) is 9.59 Å². The van der Waals surface area contributed by atoms with E-state index in [1.165, 1.54) is 0 Å². The first-order chi connectivity index (χ1) is 9.16. The predicted octanol–water partition coefficient (Wildman–Crippen LogP) is 2.99. The summed E-state index contributed by atoms with van der Waals surface area (Å²) in [5.74, 6) is -1.10. The van der Waals surface area contributed by atoms with Gasteiger partial charge >= 0.3 is 5.97 Å². The van der Waals surface area contributed by atoms with Crippen LogP contribution in [0.25, 0.3) is 0 Å². The van der Waals surface area contributed by atoms with Crippen LogP contribution in [0.4, 0.5) is 0 Å². The zero-order chi connectivity index (χ0) is 13.4. The maximum Gasteiger partial charge on any atom is 0.307 e. The van der Waals surface area contributed by atoms with E-state index >= 15 is 0 Å². The van der Waals surface area contributed by atoms with Gasteiger partial charge in [0.25, 0.3) is 0 Å². The maximum absolute atomic E-state index is 12.4. The molecule has 1 atom stereocenters. The number of rotatable bonds is 3. The van der Waals surface area contributed by atoms with Gasteiger partial charge in [-0.1, -0.05) is 42.0 Å². The van der Waals surface area contributed by atoms with E-state index in [2.05, 4.69) is 0 Å². The summed E-state index contributed by atoms with van der Waals surface area (Å²) in [6, 6.07) is 9.15. The molecule has 1 aromatic rings. The smallest absolute Gasteiger partial charge is 0.307 e. The third kappa shape index (κ3) is 2.01. The van der Waals surface area contributed by atoms with Crippen LogP contribution in [0.5, 0.6) is 0 Å². The highest BCUT2D eigenvalue weighted by Gasteiger charge is 2.35. The Morgan fingerprint density at radius 1 is 1.11 bits per heavy atom. The molecule has 0 amide bonds. The number of carboxylic acid groups (broad SMARTS) is 1. The van der Waals surface area contributed by atoms with Gasteiger partial charge in [0.05, 0.1) is 5.92 Å². The van der Waals surface area contributed by atoms with Gasteiger partial charge in [0, 0.05) is 11.1 Å². The van der Waals surface area contributed by atoms with Gasteiger partial charge in [-0.2, -0.15) is 0 Å². The molecular weight excluding hydrogens is 240 g/mol. The van der Waals surface area contributed by atoms with Gasteiger partial charge in [0.15, 0.2) is 5.78 Å². The van der Waals surface area contributed by atoms with Crippen molar-refractivity contribution in [2.75, 3.05) is 0 Å². The van der Waals surface area contributed by atoms with Crippen molar-refractivity contribution >= 4 is 11.8 Å². The summed E-state index contributed by atoms with van der Waals surface area (Å²) in [6.07, 6.45) is 3.76. The second-order valence-corrected chi connectivity index (χ2v) is 5.04. The van der Waals surface area contributed by atoms with Crippen LogP contribution < -0.4 is 0 Å². The molecule has 1 aromatic carbocycles. The number of ketones is 1. The van der Waals surface area contributed by atoms with Gasteiger partial charge in [-0.3, -0.25) is 9.59 Å². The minimum atomic E-state index is -0.763. The molecule has 0 fully saturated rings. The molecule has 0 saturated carbocycles. The standard InChI is InChI=1S/C16H14O3/c17-15(10-4-2-1-3-5-10)13-7-6-11-8-12(16(18)19)9-14(11)13/h1-5,7,12H,6,8-9H2,(H,18,19). The maximum atomic E-state index is 12.4. The molecule has 0 spiro atoms. The van der Waals surface area contributed by atoms with Crippen molar-refractivity contribution in [3.63, 3.8) is 0 Å². The fraction of sp³-hybridized carbons (Fsp3) is 0.250. The lowest BCUT2D eigenvalue weighted by molar-refractivity contribution is -0.141. The van der Waals surface area contributed by atoms with Gasteiger partial charge in [0.1, 0.15) is 0 Å². The molecule has 2 aliphatic carbocycles. The summed E-state index contributed by atoms with van der Waals surface area (Å²) < 4.78 is 0. The number of benzene rings is 1. The Kier molecular flexibility index (Phi) is 2.82. The molecule has 3 heteroatoms. The minimum Gasteiger partial charge on any atom is -0.481 e. The predicted molar refractivity (Wildman–Crippen MR) is 70.9 cm³/mol. The Labute approximate surface area is 111 Å². The van der Waals surface area contributed by atoms with E-state index in [0.717, 1.165) is 17.6 Å². The van der Waals surface area contributed by atoms with Crippen molar-refractivity contribution in [3.05, 3.63) is 58.7 Å². The molecule has 3 nitrogen and oxygen atoms in total. The molecule has 3 rings (SSSR count). The van der Waals surface area contributed by atoms with Crippen LogP contribution in [0.1, 0.15) is 29.6 Å². The fourth-order valence-corrected chi connectivity index (χ4v) is 2.89. The number of carbonyl (C=O) groups excluding carboxylic acids is 1. The summed E-state index contributed by atoms with van der Waals surface area (Å²) in [6.45, 7) is 0. The van der Waals surface area contributed by atoms with Crippen LogP contribution >= 0.6 is 0 Å². The van der Waals surface area contributed by atoms with Gasteiger partial charge in [-0.25, -0.2) is 0 Å². The first-order valence-electron chi connectivity index (χ1n) is 6.41. The number of Topliss-reactive ketones (excluding diaryl/α,β-unsaturated/α-hetero) is 1. The monoisotopic (exact) mass is 254 g/mol. The molecule has 2 aliphatic rings. The summed E-state index contributed by atoms with van der Waals surface area (Å²) in [4.78, 5) is 23.5. The third-order valence-corrected chi connectivity index (χ3v) is 3.88. The van der Waals surface area contributed by atoms with Crippen molar-refractivity contribution < 1.29 is 14.7 Å². The Bertz CT molecular complexity index is 608. The first-order valence-corrected chi connectivity index (χ1v) is 6.41. The molecule has 0 aromatic heterocycles. The number of aliphatic carboxylic acids is 1. The van der Waals surface area contributed by atoms with Gasteiger partial charge in [-0.15, -0.1) is 0 Å². The number of hydrogen-bond donors (Lipinski definition) is 1. The van der Waals surface area contributed by atoms with E-state index in [4.69, 9.17) is 5.11 Å². The number of allylic oxidation sites excluding steroid dienone is 4. The zero-order valence-corrected chi connectivity index (χ0v) is 10.4. The van der Waals surface area contributed by atoms with Crippen LogP contribution in [0.2, 0.25) is 0 Å². The molecule has 0 saturated heterocycles. The van der Waals surface area contributed by atoms with E-state index in [1.54, 1.807) is 12.1 Å². The molecule has 0 aliphatic heterocycles. The van der Waals surface area contributed by atoms with Crippen LogP contribution in [-0.4, -0.2) is 16.9 Å². The van der Waals surface area contributed by atoms with Gasteiger partial charge in [-0.05, 0) is 24.8 Å². The van der Waals surface area contributed by atoms with Crippen molar-refractivity contribution in [2.45, 2.75) is 19.3 Å². The highest BCUT2D eigenvalue weighted by molar-refractivity contribution is 6.12. The van der Waals surface area contributed by atoms with Crippen molar-refractivity contribution in [2.24, 2.45) is 5.92 Å². The highest BCUT2D eigenvalue weighted by atomic mass is 16.4. The van der Waals surface area contributed by atoms with Crippen molar-refractivity contribution in [1.82, 2.24) is 0 Å². The lowest BCUT2D eigenvalue weighted by atomic mass is 9.95. The molecule has 19 heavy (non-hydrogen) atoms. The molecule has 1 unspecified atom stereocenters. The number of carbonyl (C=O) groups is 2. The SMILES string of the molecule is O=C(C1=CCC2=C1CC(C(=O)O)C2)c1ccccc1. The summed E-state index contributed by atoms with van der Waals surface area (Å²) >= 11 is 0. The molecule has 96 valence electrons. The number of carboxylic acids is 1. The van der Waals surface area contributed by atoms with E-state index < -0.39 is 5.97 Å². The average molecular weight is 254 g/mol. The van der Waals surface area contributed by atoms with E-state index in [0.29, 0.717) is 24.0 Å². The molecule has 0 heterocycles. The second kappa shape index (κ2) is 4.50. The average Bonchev–Trinajstić information content (AvgIpc) is 2.98. The van der Waals surface area contributed by atoms with Crippen molar-refractivity contribution in [1.29, 1.82) is 0 Å². The zero-order valence-electron chi connectivity index (χ0n) is 10.4. The Balaban J connectivity index is 1.85. The Morgan fingerprint density at radius 3 is 2.53 bits per heavy atom. The quantitative estimate of drug-likeness (QED) is 0.844. The second-order valence-electron chi connectivity index (χ2n) is 5.04. The van der Waals surface area contributed by atoms with E-state index in [-0.39, 0.29) is 11.7 Å². The van der Waals surface area contributed by atoms with E-state index in [1.807, 2.05) is 24.3 Å². The summed E-state index contributed by atoms with van der Waals surface area (Å²) in [5, 5.41) is 9.08. The molecule has 1 N–H and O–H groups in total. The topological polar surface area (TPSA) is 54.4 Å². The van der Waals surface area contributed by atoms with Gasteiger partial charge < -0.3 is 5.11 Å². The molecule has 0 radical (unpaired) electrons. The molecule has 0 bridgehead atoms. The summed E-state index contributed by atoms with van der Waals surface area (Å²) in [7, 11) is 0. The lowest BCUT2D eigenvalue weighted by Crippen LogP contribution is -2.12.